The van der Waals surface area contributed by atoms with Gasteiger partial charge in [-0.25, -0.2) is 0 Å². The van der Waals surface area contributed by atoms with Gasteiger partial charge in [0.25, 0.3) is 11.6 Å². The molecule has 0 spiro atoms. The quantitative estimate of drug-likeness (QED) is 0.500. The zero-order valence-electron chi connectivity index (χ0n) is 17.8. The van der Waals surface area contributed by atoms with Gasteiger partial charge in [-0.2, -0.15) is 0 Å². The largest absolute Gasteiger partial charge is 0.366 e. The van der Waals surface area contributed by atoms with E-state index in [-0.39, 0.29) is 11.6 Å². The van der Waals surface area contributed by atoms with Gasteiger partial charge in [-0.15, -0.1) is 0 Å². The Hall–Kier alpha value is -2.93. The Bertz CT molecular complexity index is 873. The Morgan fingerprint density at radius 1 is 1.07 bits per heavy atom. The lowest BCUT2D eigenvalue weighted by atomic mass is 10.1. The molecule has 1 aliphatic rings. The number of nitro groups is 1. The number of hydrogen-bond donors (Lipinski definition) is 1. The van der Waals surface area contributed by atoms with Crippen LogP contribution in [0.3, 0.4) is 0 Å². The molecule has 1 heterocycles. The molecule has 0 saturated carbocycles. The van der Waals surface area contributed by atoms with Crippen molar-refractivity contribution >= 4 is 17.3 Å². The molecule has 3 rings (SSSR count). The summed E-state index contributed by atoms with van der Waals surface area (Å²) >= 11 is 0. The van der Waals surface area contributed by atoms with Gasteiger partial charge in [0.1, 0.15) is 5.69 Å². The first-order chi connectivity index (χ1) is 14.5. The Morgan fingerprint density at radius 2 is 1.70 bits per heavy atom. The van der Waals surface area contributed by atoms with Crippen LogP contribution in [0.2, 0.25) is 0 Å². The molecule has 1 N–H and O–H groups in total. The Morgan fingerprint density at radius 3 is 2.30 bits per heavy atom. The molecule has 0 unspecified atom stereocenters. The van der Waals surface area contributed by atoms with Crippen LogP contribution in [0.15, 0.2) is 42.5 Å². The molecule has 2 aromatic carbocycles. The van der Waals surface area contributed by atoms with Crippen LogP contribution < -0.4 is 10.2 Å². The van der Waals surface area contributed by atoms with Crippen molar-refractivity contribution in [2.75, 3.05) is 31.1 Å². The monoisotopic (exact) mass is 410 g/mol. The van der Waals surface area contributed by atoms with Gasteiger partial charge in [0.05, 0.1) is 4.92 Å². The van der Waals surface area contributed by atoms with E-state index in [9.17, 15) is 14.9 Å². The molecule has 0 atom stereocenters. The zero-order chi connectivity index (χ0) is 21.5. The van der Waals surface area contributed by atoms with Crippen molar-refractivity contribution in [2.45, 2.75) is 39.8 Å². The summed E-state index contributed by atoms with van der Waals surface area (Å²) in [6.07, 6.45) is 2.07. The van der Waals surface area contributed by atoms with Gasteiger partial charge in [0.2, 0.25) is 0 Å². The SMILES string of the molecule is CCN(CC)Cc1ccc(CNC(=O)c2ccc(N3CCCC3)c([N+](=O)[O-])c2)cc1. The van der Waals surface area contributed by atoms with Crippen LogP contribution in [0, 0.1) is 10.1 Å². The van der Waals surface area contributed by atoms with E-state index >= 15 is 0 Å². The zero-order valence-corrected chi connectivity index (χ0v) is 17.8. The number of carbonyl (C=O) groups excluding carboxylic acids is 1. The van der Waals surface area contributed by atoms with Crippen molar-refractivity contribution in [3.8, 4) is 0 Å². The number of nitro benzene ring substituents is 1. The first-order valence-electron chi connectivity index (χ1n) is 10.6. The predicted octanol–water partition coefficient (Wildman–Crippen LogP) is 3.97. The summed E-state index contributed by atoms with van der Waals surface area (Å²) in [4.78, 5) is 28.0. The molecule has 0 aliphatic carbocycles. The van der Waals surface area contributed by atoms with E-state index in [2.05, 4.69) is 36.2 Å². The normalized spacial score (nSPS) is 13.6. The average Bonchev–Trinajstić information content (AvgIpc) is 3.31. The van der Waals surface area contributed by atoms with Crippen LogP contribution in [0.5, 0.6) is 0 Å². The molecular weight excluding hydrogens is 380 g/mol. The lowest BCUT2D eigenvalue weighted by molar-refractivity contribution is -0.384. The van der Waals surface area contributed by atoms with E-state index in [0.29, 0.717) is 17.8 Å². The van der Waals surface area contributed by atoms with Crippen LogP contribution in [-0.2, 0) is 13.1 Å². The van der Waals surface area contributed by atoms with Crippen LogP contribution in [0.4, 0.5) is 11.4 Å². The summed E-state index contributed by atoms with van der Waals surface area (Å²) in [7, 11) is 0. The Labute approximate surface area is 177 Å². The molecule has 1 saturated heterocycles. The third kappa shape index (κ3) is 5.36. The molecule has 30 heavy (non-hydrogen) atoms. The summed E-state index contributed by atoms with van der Waals surface area (Å²) in [6.45, 7) is 9.24. The Balaban J connectivity index is 1.63. The van der Waals surface area contributed by atoms with Crippen molar-refractivity contribution in [3.05, 3.63) is 69.3 Å². The maximum absolute atomic E-state index is 12.6. The topological polar surface area (TPSA) is 78.7 Å². The van der Waals surface area contributed by atoms with Crippen molar-refractivity contribution in [1.82, 2.24) is 10.2 Å². The maximum Gasteiger partial charge on any atom is 0.293 e. The van der Waals surface area contributed by atoms with E-state index in [1.807, 2.05) is 17.0 Å². The standard InChI is InChI=1S/C23H30N4O3/c1-3-25(4-2)17-19-9-7-18(8-10-19)16-24-23(28)20-11-12-21(22(15-20)27(29)30)26-13-5-6-14-26/h7-12,15H,3-6,13-14,16-17H2,1-2H3,(H,24,28). The number of anilines is 1. The van der Waals surface area contributed by atoms with Crippen molar-refractivity contribution < 1.29 is 9.72 Å². The van der Waals surface area contributed by atoms with Gasteiger partial charge in [-0.3, -0.25) is 19.8 Å². The van der Waals surface area contributed by atoms with Gasteiger partial charge < -0.3 is 10.2 Å². The Kier molecular flexibility index (Phi) is 7.41. The summed E-state index contributed by atoms with van der Waals surface area (Å²) < 4.78 is 0. The van der Waals surface area contributed by atoms with E-state index in [0.717, 1.165) is 51.1 Å². The van der Waals surface area contributed by atoms with Crippen LogP contribution in [0.1, 0.15) is 48.2 Å². The van der Waals surface area contributed by atoms with Gasteiger partial charge in [-0.05, 0) is 49.2 Å². The fourth-order valence-electron chi connectivity index (χ4n) is 3.79. The van der Waals surface area contributed by atoms with E-state index in [4.69, 9.17) is 0 Å². The highest BCUT2D eigenvalue weighted by Gasteiger charge is 2.23. The molecule has 160 valence electrons. The van der Waals surface area contributed by atoms with E-state index in [1.54, 1.807) is 12.1 Å². The molecule has 0 bridgehead atoms. The van der Waals surface area contributed by atoms with Crippen LogP contribution >= 0.6 is 0 Å². The minimum atomic E-state index is -0.404. The third-order valence-electron chi connectivity index (χ3n) is 5.66. The fourth-order valence-corrected chi connectivity index (χ4v) is 3.79. The maximum atomic E-state index is 12.6. The van der Waals surface area contributed by atoms with Crippen molar-refractivity contribution in [1.29, 1.82) is 0 Å². The van der Waals surface area contributed by atoms with Gasteiger partial charge >= 0.3 is 0 Å². The molecule has 0 radical (unpaired) electrons. The van der Waals surface area contributed by atoms with Crippen LogP contribution in [-0.4, -0.2) is 41.9 Å². The summed E-state index contributed by atoms with van der Waals surface area (Å²) in [5, 5.41) is 14.4. The molecule has 7 nitrogen and oxygen atoms in total. The second-order valence-corrected chi connectivity index (χ2v) is 7.62. The minimum absolute atomic E-state index is 0.00898. The fraction of sp³-hybridized carbons (Fsp3) is 0.435. The number of benzene rings is 2. The van der Waals surface area contributed by atoms with Gasteiger partial charge in [0.15, 0.2) is 0 Å². The third-order valence-corrected chi connectivity index (χ3v) is 5.66. The number of nitrogens with zero attached hydrogens (tertiary/aromatic N) is 3. The second kappa shape index (κ2) is 10.2. The first kappa shape index (κ1) is 21.8. The summed E-state index contributed by atoms with van der Waals surface area (Å²) in [5.41, 5.74) is 3.13. The number of carbonyl (C=O) groups is 1. The lowest BCUT2D eigenvalue weighted by Gasteiger charge is -2.18. The van der Waals surface area contributed by atoms with E-state index in [1.165, 1.54) is 11.6 Å². The molecule has 2 aromatic rings. The van der Waals surface area contributed by atoms with Gasteiger partial charge in [0, 0.05) is 37.8 Å². The summed E-state index contributed by atoms with van der Waals surface area (Å²) in [6, 6.07) is 12.9. The molecule has 1 amide bonds. The van der Waals surface area contributed by atoms with Crippen LogP contribution in [0.25, 0.3) is 0 Å². The second-order valence-electron chi connectivity index (χ2n) is 7.62. The number of nitrogens with one attached hydrogen (secondary N) is 1. The highest BCUT2D eigenvalue weighted by atomic mass is 16.6. The highest BCUT2D eigenvalue weighted by molar-refractivity contribution is 5.95. The number of hydrogen-bond acceptors (Lipinski definition) is 5. The highest BCUT2D eigenvalue weighted by Crippen LogP contribution is 2.31. The molecule has 7 heteroatoms. The molecule has 1 aliphatic heterocycles. The summed E-state index contributed by atoms with van der Waals surface area (Å²) in [5.74, 6) is -0.307. The smallest absolute Gasteiger partial charge is 0.293 e. The van der Waals surface area contributed by atoms with Gasteiger partial charge in [-0.1, -0.05) is 38.1 Å². The average molecular weight is 411 g/mol. The van der Waals surface area contributed by atoms with Crippen molar-refractivity contribution in [2.24, 2.45) is 0 Å². The number of rotatable bonds is 9. The predicted molar refractivity (Wildman–Crippen MR) is 119 cm³/mol. The molecule has 1 fully saturated rings. The minimum Gasteiger partial charge on any atom is -0.366 e. The first-order valence-corrected chi connectivity index (χ1v) is 10.6. The molecular formula is C23H30N4O3. The lowest BCUT2D eigenvalue weighted by Crippen LogP contribution is -2.24. The number of amides is 1. The molecule has 0 aromatic heterocycles. The van der Waals surface area contributed by atoms with E-state index < -0.39 is 4.92 Å². The van der Waals surface area contributed by atoms with Crippen molar-refractivity contribution in [3.63, 3.8) is 0 Å².